The summed E-state index contributed by atoms with van der Waals surface area (Å²) >= 11 is 0. The van der Waals surface area contributed by atoms with Crippen molar-refractivity contribution in [3.63, 3.8) is 0 Å². The predicted molar refractivity (Wildman–Crippen MR) is 54.2 cm³/mol. The van der Waals surface area contributed by atoms with Crippen molar-refractivity contribution in [1.29, 1.82) is 0 Å². The van der Waals surface area contributed by atoms with Gasteiger partial charge in [-0.3, -0.25) is 0 Å². The molecule has 0 aliphatic heterocycles. The standard InChI is InChI=1S/C12H12O/c1-2-13-12-9-8-10-6-4-3-5-7-11(10)12/h3-9H,2H2,1H3. The van der Waals surface area contributed by atoms with Gasteiger partial charge >= 0.3 is 0 Å². The van der Waals surface area contributed by atoms with Gasteiger partial charge < -0.3 is 4.74 Å². The third kappa shape index (κ3) is 1.50. The topological polar surface area (TPSA) is 9.23 Å². The average Bonchev–Trinajstić information content (AvgIpc) is 2.38. The molecule has 0 aromatic heterocycles. The molecule has 0 atom stereocenters. The summed E-state index contributed by atoms with van der Waals surface area (Å²) in [6.07, 6.45) is 0. The molecule has 0 N–H and O–H groups in total. The molecule has 0 bridgehead atoms. The van der Waals surface area contributed by atoms with Crippen LogP contribution in [0.15, 0.2) is 42.5 Å². The molecule has 0 unspecified atom stereocenters. The Morgan fingerprint density at radius 2 is 1.85 bits per heavy atom. The van der Waals surface area contributed by atoms with Crippen LogP contribution in [-0.4, -0.2) is 6.61 Å². The molecule has 1 heteroatoms. The second-order valence-corrected chi connectivity index (χ2v) is 2.91. The zero-order valence-electron chi connectivity index (χ0n) is 7.66. The van der Waals surface area contributed by atoms with Crippen molar-refractivity contribution in [1.82, 2.24) is 0 Å². The smallest absolute Gasteiger partial charge is 0.127 e. The first-order valence-electron chi connectivity index (χ1n) is 4.52. The lowest BCUT2D eigenvalue weighted by Gasteiger charge is -2.01. The first-order valence-corrected chi connectivity index (χ1v) is 4.52. The quantitative estimate of drug-likeness (QED) is 0.676. The van der Waals surface area contributed by atoms with Crippen molar-refractivity contribution >= 4 is 0 Å². The lowest BCUT2D eigenvalue weighted by Crippen LogP contribution is -1.89. The molecule has 2 rings (SSSR count). The minimum absolute atomic E-state index is 0.720. The molecule has 0 aromatic rings. The lowest BCUT2D eigenvalue weighted by molar-refractivity contribution is 0.343. The lowest BCUT2D eigenvalue weighted by atomic mass is 10.2. The summed E-state index contributed by atoms with van der Waals surface area (Å²) in [4.78, 5) is 0. The van der Waals surface area contributed by atoms with Crippen molar-refractivity contribution in [2.24, 2.45) is 0 Å². The highest BCUT2D eigenvalue weighted by atomic mass is 16.5. The second kappa shape index (κ2) is 3.48. The van der Waals surface area contributed by atoms with Gasteiger partial charge in [0.25, 0.3) is 0 Å². The van der Waals surface area contributed by atoms with Gasteiger partial charge in [0, 0.05) is 5.56 Å². The van der Waals surface area contributed by atoms with Gasteiger partial charge in [-0.15, -0.1) is 0 Å². The number of hydrogen-bond acceptors (Lipinski definition) is 1. The average molecular weight is 172 g/mol. The van der Waals surface area contributed by atoms with Crippen LogP contribution in [0.25, 0.3) is 11.1 Å². The van der Waals surface area contributed by atoms with Gasteiger partial charge in [0.2, 0.25) is 0 Å². The Balaban J connectivity index is 2.49. The highest BCUT2D eigenvalue weighted by Gasteiger charge is 2.06. The molecule has 0 amide bonds. The fourth-order valence-corrected chi connectivity index (χ4v) is 1.47. The van der Waals surface area contributed by atoms with Crippen LogP contribution in [0.2, 0.25) is 0 Å². The van der Waals surface area contributed by atoms with Crippen LogP contribution in [0.3, 0.4) is 0 Å². The second-order valence-electron chi connectivity index (χ2n) is 2.91. The molecule has 13 heavy (non-hydrogen) atoms. The maximum Gasteiger partial charge on any atom is 0.127 e. The normalized spacial score (nSPS) is 10.2. The monoisotopic (exact) mass is 172 g/mol. The third-order valence-corrected chi connectivity index (χ3v) is 2.05. The molecule has 2 aliphatic rings. The summed E-state index contributed by atoms with van der Waals surface area (Å²) in [7, 11) is 0. The Kier molecular flexibility index (Phi) is 2.17. The Morgan fingerprint density at radius 3 is 2.69 bits per heavy atom. The summed E-state index contributed by atoms with van der Waals surface area (Å²) in [5, 5.41) is 0. The highest BCUT2D eigenvalue weighted by Crippen LogP contribution is 2.32. The summed E-state index contributed by atoms with van der Waals surface area (Å²) in [6, 6.07) is 14.4. The predicted octanol–water partition coefficient (Wildman–Crippen LogP) is 3.19. The van der Waals surface area contributed by atoms with E-state index in [1.807, 2.05) is 31.2 Å². The zero-order valence-corrected chi connectivity index (χ0v) is 7.66. The first-order chi connectivity index (χ1) is 6.42. The molecule has 0 fully saturated rings. The van der Waals surface area contributed by atoms with E-state index in [9.17, 15) is 0 Å². The van der Waals surface area contributed by atoms with Crippen LogP contribution in [0.4, 0.5) is 0 Å². The van der Waals surface area contributed by atoms with E-state index in [1.54, 1.807) is 0 Å². The summed E-state index contributed by atoms with van der Waals surface area (Å²) in [5.41, 5.74) is 2.42. The maximum atomic E-state index is 5.50. The van der Waals surface area contributed by atoms with Crippen LogP contribution in [-0.2, 0) is 0 Å². The molecular weight excluding hydrogens is 160 g/mol. The Morgan fingerprint density at radius 1 is 1.00 bits per heavy atom. The van der Waals surface area contributed by atoms with Crippen LogP contribution >= 0.6 is 0 Å². The molecule has 2 aliphatic carbocycles. The van der Waals surface area contributed by atoms with Gasteiger partial charge in [0.05, 0.1) is 6.61 Å². The molecular formula is C12H12O. The van der Waals surface area contributed by atoms with Gasteiger partial charge in [0.1, 0.15) is 5.75 Å². The van der Waals surface area contributed by atoms with E-state index in [1.165, 1.54) is 11.1 Å². The Labute approximate surface area is 78.3 Å². The number of fused-ring (bicyclic) bond motifs is 1. The zero-order chi connectivity index (χ0) is 9.10. The molecule has 0 radical (unpaired) electrons. The van der Waals surface area contributed by atoms with Gasteiger partial charge in [-0.25, -0.2) is 0 Å². The van der Waals surface area contributed by atoms with Crippen LogP contribution in [0, 0.1) is 0 Å². The molecule has 0 heterocycles. The van der Waals surface area contributed by atoms with Crippen LogP contribution in [0.5, 0.6) is 5.75 Å². The molecule has 0 spiro atoms. The molecule has 0 saturated carbocycles. The maximum absolute atomic E-state index is 5.50. The molecule has 0 aromatic carbocycles. The van der Waals surface area contributed by atoms with E-state index in [-0.39, 0.29) is 0 Å². The molecule has 0 saturated heterocycles. The Bertz CT molecular complexity index is 368. The summed E-state index contributed by atoms with van der Waals surface area (Å²) in [6.45, 7) is 2.72. The van der Waals surface area contributed by atoms with E-state index in [0.29, 0.717) is 0 Å². The van der Waals surface area contributed by atoms with Gasteiger partial charge in [-0.05, 0) is 18.6 Å². The van der Waals surface area contributed by atoms with E-state index in [0.717, 1.165) is 12.4 Å². The Hall–Kier alpha value is -1.50. The fourth-order valence-electron chi connectivity index (χ4n) is 1.47. The SMILES string of the molecule is CCOc1ccc2cccccc1-2. The summed E-state index contributed by atoms with van der Waals surface area (Å²) < 4.78 is 5.50. The van der Waals surface area contributed by atoms with Crippen molar-refractivity contribution in [2.45, 2.75) is 6.92 Å². The van der Waals surface area contributed by atoms with Gasteiger partial charge in [0.15, 0.2) is 0 Å². The molecule has 66 valence electrons. The highest BCUT2D eigenvalue weighted by molar-refractivity contribution is 5.73. The minimum atomic E-state index is 0.720. The van der Waals surface area contributed by atoms with E-state index in [2.05, 4.69) is 18.2 Å². The van der Waals surface area contributed by atoms with E-state index >= 15 is 0 Å². The van der Waals surface area contributed by atoms with Crippen molar-refractivity contribution in [3.05, 3.63) is 42.5 Å². The van der Waals surface area contributed by atoms with Gasteiger partial charge in [-0.2, -0.15) is 0 Å². The number of rotatable bonds is 2. The van der Waals surface area contributed by atoms with Crippen LogP contribution in [0.1, 0.15) is 6.92 Å². The van der Waals surface area contributed by atoms with Crippen molar-refractivity contribution in [3.8, 4) is 16.9 Å². The summed E-state index contributed by atoms with van der Waals surface area (Å²) in [5.74, 6) is 0.980. The largest absolute Gasteiger partial charge is 0.493 e. The fraction of sp³-hybridized carbons (Fsp3) is 0.167. The number of hydrogen-bond donors (Lipinski definition) is 0. The van der Waals surface area contributed by atoms with Gasteiger partial charge in [-0.1, -0.05) is 36.4 Å². The molecule has 1 nitrogen and oxygen atoms in total. The van der Waals surface area contributed by atoms with Crippen molar-refractivity contribution in [2.75, 3.05) is 6.61 Å². The number of ether oxygens (including phenoxy) is 1. The van der Waals surface area contributed by atoms with Crippen molar-refractivity contribution < 1.29 is 4.74 Å². The van der Waals surface area contributed by atoms with Crippen LogP contribution < -0.4 is 4.74 Å². The third-order valence-electron chi connectivity index (χ3n) is 2.05. The van der Waals surface area contributed by atoms with E-state index in [4.69, 9.17) is 4.74 Å². The minimum Gasteiger partial charge on any atom is -0.493 e. The first kappa shape index (κ1) is 8.11. The van der Waals surface area contributed by atoms with E-state index < -0.39 is 0 Å².